The highest BCUT2D eigenvalue weighted by Gasteiger charge is 2.17. The highest BCUT2D eigenvalue weighted by molar-refractivity contribution is 5.88. The number of methoxy groups -OCH3 is 1. The van der Waals surface area contributed by atoms with E-state index in [2.05, 4.69) is 10.1 Å². The van der Waals surface area contributed by atoms with Crippen LogP contribution in [0.1, 0.15) is 5.56 Å². The number of benzene rings is 3. The summed E-state index contributed by atoms with van der Waals surface area (Å²) in [6, 6.07) is 24.4. The van der Waals surface area contributed by atoms with Gasteiger partial charge in [-0.25, -0.2) is 4.98 Å². The van der Waals surface area contributed by atoms with Crippen molar-refractivity contribution in [2.45, 2.75) is 0 Å². The number of rotatable bonds is 5. The van der Waals surface area contributed by atoms with Gasteiger partial charge in [-0.3, -0.25) is 4.79 Å². The third-order valence-corrected chi connectivity index (χ3v) is 5.07. The number of hydrogen-bond donors (Lipinski definition) is 0. The molecule has 32 heavy (non-hydrogen) atoms. The van der Waals surface area contributed by atoms with Crippen LogP contribution >= 0.6 is 0 Å². The summed E-state index contributed by atoms with van der Waals surface area (Å²) in [6.07, 6.45) is 5.26. The predicted molar refractivity (Wildman–Crippen MR) is 127 cm³/mol. The lowest BCUT2D eigenvalue weighted by Crippen LogP contribution is -2.20. The van der Waals surface area contributed by atoms with Crippen molar-refractivity contribution in [1.82, 2.24) is 9.66 Å². The first-order valence-corrected chi connectivity index (χ1v) is 10.1. The van der Waals surface area contributed by atoms with E-state index in [1.807, 2.05) is 66.7 Å². The van der Waals surface area contributed by atoms with E-state index >= 15 is 0 Å². The minimum Gasteiger partial charge on any atom is -0.496 e. The number of para-hydroxylation sites is 1. The fourth-order valence-corrected chi connectivity index (χ4v) is 3.54. The molecule has 3 aromatic carbocycles. The first-order chi connectivity index (χ1) is 15.7. The summed E-state index contributed by atoms with van der Waals surface area (Å²) < 4.78 is 12.7. The zero-order chi connectivity index (χ0) is 21.9. The molecule has 0 fully saturated rings. The maximum Gasteiger partial charge on any atom is 0.282 e. The molecule has 0 saturated heterocycles. The zero-order valence-electron chi connectivity index (χ0n) is 17.3. The highest BCUT2D eigenvalue weighted by Crippen LogP contribution is 2.32. The Hall–Kier alpha value is -4.45. The molecule has 5 rings (SSSR count). The molecule has 0 bridgehead atoms. The molecule has 0 spiro atoms. The minimum atomic E-state index is -0.276. The van der Waals surface area contributed by atoms with Gasteiger partial charge in [0.15, 0.2) is 5.76 Å². The van der Waals surface area contributed by atoms with Gasteiger partial charge in [0.2, 0.25) is 5.82 Å². The summed E-state index contributed by atoms with van der Waals surface area (Å²) in [5.41, 5.74) is 1.97. The SMILES string of the molecule is COc1cccc2oc(-c3nc4ccccc4c(=O)n3N=C/C=C/c3ccccc3)cc12. The maximum atomic E-state index is 13.2. The van der Waals surface area contributed by atoms with Crippen molar-refractivity contribution in [1.29, 1.82) is 0 Å². The second-order valence-electron chi connectivity index (χ2n) is 7.09. The molecule has 5 aromatic rings. The third kappa shape index (κ3) is 3.58. The summed E-state index contributed by atoms with van der Waals surface area (Å²) >= 11 is 0. The Morgan fingerprint density at radius 2 is 1.78 bits per heavy atom. The van der Waals surface area contributed by atoms with Gasteiger partial charge < -0.3 is 9.15 Å². The Morgan fingerprint density at radius 1 is 0.969 bits per heavy atom. The molecular weight excluding hydrogens is 402 g/mol. The summed E-state index contributed by atoms with van der Waals surface area (Å²) in [5.74, 6) is 1.43. The molecule has 0 aliphatic rings. The van der Waals surface area contributed by atoms with Crippen molar-refractivity contribution in [2.24, 2.45) is 5.10 Å². The van der Waals surface area contributed by atoms with Gasteiger partial charge in [0.1, 0.15) is 11.3 Å². The van der Waals surface area contributed by atoms with Crippen LogP contribution in [0.2, 0.25) is 0 Å². The molecule has 0 atom stereocenters. The third-order valence-electron chi connectivity index (χ3n) is 5.07. The van der Waals surface area contributed by atoms with Crippen LogP contribution in [-0.2, 0) is 0 Å². The lowest BCUT2D eigenvalue weighted by Gasteiger charge is -2.06. The summed E-state index contributed by atoms with van der Waals surface area (Å²) in [4.78, 5) is 17.9. The van der Waals surface area contributed by atoms with Gasteiger partial charge in [0, 0.05) is 6.21 Å². The first-order valence-electron chi connectivity index (χ1n) is 10.1. The van der Waals surface area contributed by atoms with Crippen molar-refractivity contribution < 1.29 is 9.15 Å². The number of hydrogen-bond acceptors (Lipinski definition) is 5. The van der Waals surface area contributed by atoms with Gasteiger partial charge in [-0.15, -0.1) is 0 Å². The fourth-order valence-electron chi connectivity index (χ4n) is 3.54. The summed E-state index contributed by atoms with van der Waals surface area (Å²) in [7, 11) is 1.61. The second kappa shape index (κ2) is 8.35. The molecule has 2 heterocycles. The molecule has 0 saturated carbocycles. The van der Waals surface area contributed by atoms with Gasteiger partial charge in [-0.05, 0) is 42.0 Å². The molecule has 0 amide bonds. The van der Waals surface area contributed by atoms with Crippen molar-refractivity contribution in [3.8, 4) is 17.3 Å². The van der Waals surface area contributed by atoms with Crippen molar-refractivity contribution in [3.63, 3.8) is 0 Å². The van der Waals surface area contributed by atoms with Crippen LogP contribution in [0.25, 0.3) is 39.5 Å². The standard InChI is InChI=1S/C26H19N3O3/c1-31-22-14-7-15-23-20(22)17-24(32-23)25-28-21-13-6-5-12-19(21)26(30)29(25)27-16-8-11-18-9-3-2-4-10-18/h2-17H,1H3/b11-8+,27-16?. The van der Waals surface area contributed by atoms with Crippen LogP contribution in [0.15, 0.2) is 99.3 Å². The topological polar surface area (TPSA) is 69.6 Å². The predicted octanol–water partition coefficient (Wildman–Crippen LogP) is 5.37. The largest absolute Gasteiger partial charge is 0.496 e. The molecule has 0 unspecified atom stereocenters. The number of fused-ring (bicyclic) bond motifs is 2. The van der Waals surface area contributed by atoms with Gasteiger partial charge >= 0.3 is 0 Å². The minimum absolute atomic E-state index is 0.276. The van der Waals surface area contributed by atoms with E-state index in [1.54, 1.807) is 37.6 Å². The van der Waals surface area contributed by atoms with Gasteiger partial charge in [0.05, 0.1) is 23.4 Å². The molecule has 6 heteroatoms. The zero-order valence-corrected chi connectivity index (χ0v) is 17.3. The van der Waals surface area contributed by atoms with Crippen LogP contribution < -0.4 is 10.3 Å². The molecule has 0 radical (unpaired) electrons. The second-order valence-corrected chi connectivity index (χ2v) is 7.09. The number of nitrogens with zero attached hydrogens (tertiary/aromatic N) is 3. The molecule has 2 aromatic heterocycles. The van der Waals surface area contributed by atoms with Crippen molar-refractivity contribution >= 4 is 34.2 Å². The van der Waals surface area contributed by atoms with Crippen LogP contribution in [0.3, 0.4) is 0 Å². The summed E-state index contributed by atoms with van der Waals surface area (Å²) in [5, 5.41) is 5.68. The van der Waals surface area contributed by atoms with E-state index < -0.39 is 0 Å². The van der Waals surface area contributed by atoms with Gasteiger partial charge in [-0.1, -0.05) is 54.6 Å². The van der Waals surface area contributed by atoms with Crippen LogP contribution in [-0.4, -0.2) is 23.0 Å². The number of allylic oxidation sites excluding steroid dienone is 1. The maximum absolute atomic E-state index is 13.2. The average Bonchev–Trinajstić information content (AvgIpc) is 3.28. The van der Waals surface area contributed by atoms with Gasteiger partial charge in [0.25, 0.3) is 5.56 Å². The molecule has 0 N–H and O–H groups in total. The monoisotopic (exact) mass is 421 g/mol. The number of aromatic nitrogens is 2. The lowest BCUT2D eigenvalue weighted by molar-refractivity contribution is 0.419. The Morgan fingerprint density at radius 3 is 2.62 bits per heavy atom. The molecule has 156 valence electrons. The molecule has 0 aliphatic carbocycles. The van der Waals surface area contributed by atoms with E-state index in [0.29, 0.717) is 33.8 Å². The van der Waals surface area contributed by atoms with Crippen LogP contribution in [0, 0.1) is 0 Å². The Balaban J connectivity index is 1.65. The summed E-state index contributed by atoms with van der Waals surface area (Å²) in [6.45, 7) is 0. The Kier molecular flexibility index (Phi) is 5.09. The number of ether oxygens (including phenoxy) is 1. The van der Waals surface area contributed by atoms with E-state index in [-0.39, 0.29) is 5.56 Å². The first kappa shape index (κ1) is 19.5. The molecule has 0 aliphatic heterocycles. The average molecular weight is 421 g/mol. The van der Waals surface area contributed by atoms with Crippen molar-refractivity contribution in [3.05, 3.63) is 101 Å². The Labute approximate surface area is 183 Å². The normalized spacial score (nSPS) is 11.8. The van der Waals surface area contributed by atoms with Crippen LogP contribution in [0.5, 0.6) is 5.75 Å². The van der Waals surface area contributed by atoms with E-state index in [4.69, 9.17) is 9.15 Å². The quantitative estimate of drug-likeness (QED) is 0.358. The molecular formula is C26H19N3O3. The Bertz CT molecular complexity index is 1530. The van der Waals surface area contributed by atoms with E-state index in [9.17, 15) is 4.79 Å². The smallest absolute Gasteiger partial charge is 0.282 e. The van der Waals surface area contributed by atoms with Crippen molar-refractivity contribution in [2.75, 3.05) is 7.11 Å². The van der Waals surface area contributed by atoms with Gasteiger partial charge in [-0.2, -0.15) is 9.78 Å². The number of furan rings is 1. The molecule has 6 nitrogen and oxygen atoms in total. The fraction of sp³-hybridized carbons (Fsp3) is 0.0385. The highest BCUT2D eigenvalue weighted by atomic mass is 16.5. The van der Waals surface area contributed by atoms with E-state index in [0.717, 1.165) is 10.9 Å². The van der Waals surface area contributed by atoms with Crippen LogP contribution in [0.4, 0.5) is 0 Å². The van der Waals surface area contributed by atoms with E-state index in [1.165, 1.54) is 4.68 Å². The lowest BCUT2D eigenvalue weighted by atomic mass is 10.2.